The van der Waals surface area contributed by atoms with Crippen LogP contribution in [-0.4, -0.2) is 31.7 Å². The third kappa shape index (κ3) is 4.35. The van der Waals surface area contributed by atoms with Gasteiger partial charge < -0.3 is 5.32 Å². The Morgan fingerprint density at radius 1 is 1.42 bits per heavy atom. The highest BCUT2D eigenvalue weighted by Crippen LogP contribution is 2.21. The normalized spacial score (nSPS) is 12.0. The molecule has 0 spiro atoms. The summed E-state index contributed by atoms with van der Waals surface area (Å²) in [6, 6.07) is 6.78. The van der Waals surface area contributed by atoms with E-state index in [1.54, 1.807) is 31.2 Å². The van der Waals surface area contributed by atoms with Gasteiger partial charge in [-0.2, -0.15) is 0 Å². The summed E-state index contributed by atoms with van der Waals surface area (Å²) in [5.41, 5.74) is 0.825. The van der Waals surface area contributed by atoms with Gasteiger partial charge in [-0.1, -0.05) is 30.8 Å². The molecule has 1 amide bonds. The van der Waals surface area contributed by atoms with Crippen molar-refractivity contribution in [2.75, 3.05) is 5.32 Å². The second-order valence-corrected chi connectivity index (χ2v) is 6.66. The number of anilines is 1. The molecule has 0 aliphatic heterocycles. The highest BCUT2D eigenvalue weighted by atomic mass is 32.2. The molecule has 1 heterocycles. The Morgan fingerprint density at radius 3 is 2.83 bits per heavy atom. The number of ketones is 1. The zero-order valence-corrected chi connectivity index (χ0v) is 14.6. The van der Waals surface area contributed by atoms with Crippen LogP contribution in [0.15, 0.2) is 34.2 Å². The third-order valence-corrected chi connectivity index (χ3v) is 4.45. The molecule has 0 saturated heterocycles. The molecule has 2 aromatic rings. The monoisotopic (exact) mass is 348 g/mol. The SMILES string of the molecule is CCCn1c(SC(C)C(=O)Nc2cccc(C(C)=O)c2)n[nH]c1=O. The molecule has 0 aliphatic carbocycles. The standard InChI is InChI=1S/C16H20N4O3S/c1-4-8-20-15(23)18-19-16(20)24-11(3)14(22)17-13-7-5-6-12(9-13)10(2)21/h5-7,9,11H,4,8H2,1-3H3,(H,17,22)(H,18,23). The van der Waals surface area contributed by atoms with Crippen LogP contribution in [-0.2, 0) is 11.3 Å². The Labute approximate surface area is 143 Å². The third-order valence-electron chi connectivity index (χ3n) is 3.36. The van der Waals surface area contributed by atoms with Crippen molar-refractivity contribution in [3.05, 3.63) is 40.3 Å². The summed E-state index contributed by atoms with van der Waals surface area (Å²) in [7, 11) is 0. The quantitative estimate of drug-likeness (QED) is 0.591. The zero-order chi connectivity index (χ0) is 17.7. The number of benzene rings is 1. The van der Waals surface area contributed by atoms with Crippen LogP contribution in [0.2, 0.25) is 0 Å². The molecule has 1 unspecified atom stereocenters. The number of hydrogen-bond acceptors (Lipinski definition) is 5. The van der Waals surface area contributed by atoms with Gasteiger partial charge in [0.25, 0.3) is 0 Å². The maximum absolute atomic E-state index is 12.3. The lowest BCUT2D eigenvalue weighted by Gasteiger charge is -2.12. The molecule has 24 heavy (non-hydrogen) atoms. The largest absolute Gasteiger partial charge is 0.343 e. The maximum atomic E-state index is 12.3. The highest BCUT2D eigenvalue weighted by Gasteiger charge is 2.19. The van der Waals surface area contributed by atoms with Gasteiger partial charge in [-0.05, 0) is 32.4 Å². The van der Waals surface area contributed by atoms with Crippen molar-refractivity contribution in [2.24, 2.45) is 0 Å². The molecule has 0 radical (unpaired) electrons. The van der Waals surface area contributed by atoms with Gasteiger partial charge >= 0.3 is 5.69 Å². The number of amides is 1. The number of H-pyrrole nitrogens is 1. The Bertz CT molecular complexity index is 797. The lowest BCUT2D eigenvalue weighted by atomic mass is 10.1. The zero-order valence-electron chi connectivity index (χ0n) is 13.8. The van der Waals surface area contributed by atoms with Crippen molar-refractivity contribution in [1.29, 1.82) is 0 Å². The lowest BCUT2D eigenvalue weighted by molar-refractivity contribution is -0.115. The van der Waals surface area contributed by atoms with E-state index < -0.39 is 5.25 Å². The van der Waals surface area contributed by atoms with Crippen LogP contribution in [0.5, 0.6) is 0 Å². The number of hydrogen-bond donors (Lipinski definition) is 2. The van der Waals surface area contributed by atoms with Gasteiger partial charge in [0.05, 0.1) is 5.25 Å². The molecule has 0 saturated carbocycles. The summed E-state index contributed by atoms with van der Waals surface area (Å²) in [4.78, 5) is 35.4. The van der Waals surface area contributed by atoms with Gasteiger partial charge in [-0.3, -0.25) is 14.2 Å². The van der Waals surface area contributed by atoms with Crippen LogP contribution in [0.4, 0.5) is 5.69 Å². The summed E-state index contributed by atoms with van der Waals surface area (Å²) in [5.74, 6) is -0.284. The first-order chi connectivity index (χ1) is 11.4. The predicted octanol–water partition coefficient (Wildman–Crippen LogP) is 2.30. The van der Waals surface area contributed by atoms with Crippen LogP contribution in [0, 0.1) is 0 Å². The highest BCUT2D eigenvalue weighted by molar-refractivity contribution is 8.00. The molecule has 7 nitrogen and oxygen atoms in total. The molecule has 2 rings (SSSR count). The predicted molar refractivity (Wildman–Crippen MR) is 93.5 cm³/mol. The number of Topliss-reactive ketones (excluding diaryl/α,β-unsaturated/α-hetero) is 1. The van der Waals surface area contributed by atoms with E-state index in [4.69, 9.17) is 0 Å². The number of carbonyl (C=O) groups is 2. The minimum absolute atomic E-state index is 0.0615. The molecule has 0 fully saturated rings. The molecule has 1 atom stereocenters. The fourth-order valence-electron chi connectivity index (χ4n) is 2.09. The molecule has 0 bridgehead atoms. The number of nitrogens with one attached hydrogen (secondary N) is 2. The first-order valence-corrected chi connectivity index (χ1v) is 8.54. The molecular weight excluding hydrogens is 328 g/mol. The fraction of sp³-hybridized carbons (Fsp3) is 0.375. The van der Waals surface area contributed by atoms with Crippen molar-refractivity contribution in [2.45, 2.75) is 44.1 Å². The van der Waals surface area contributed by atoms with E-state index >= 15 is 0 Å². The fourth-order valence-corrected chi connectivity index (χ4v) is 2.97. The van der Waals surface area contributed by atoms with Crippen LogP contribution in [0.25, 0.3) is 0 Å². The van der Waals surface area contributed by atoms with Gasteiger partial charge in [0, 0.05) is 17.8 Å². The Balaban J connectivity index is 2.06. The maximum Gasteiger partial charge on any atom is 0.343 e. The lowest BCUT2D eigenvalue weighted by Crippen LogP contribution is -2.24. The molecule has 128 valence electrons. The summed E-state index contributed by atoms with van der Waals surface area (Å²) < 4.78 is 1.52. The number of rotatable bonds is 7. The molecule has 2 N–H and O–H groups in total. The number of aromatic amines is 1. The van der Waals surface area contributed by atoms with E-state index in [9.17, 15) is 14.4 Å². The van der Waals surface area contributed by atoms with E-state index in [0.717, 1.165) is 6.42 Å². The van der Waals surface area contributed by atoms with Gasteiger partial charge in [0.2, 0.25) is 5.91 Å². The summed E-state index contributed by atoms with van der Waals surface area (Å²) in [6.07, 6.45) is 0.797. The second-order valence-electron chi connectivity index (χ2n) is 5.35. The van der Waals surface area contributed by atoms with E-state index in [2.05, 4.69) is 15.5 Å². The van der Waals surface area contributed by atoms with E-state index in [-0.39, 0.29) is 17.4 Å². The minimum Gasteiger partial charge on any atom is -0.325 e. The number of nitrogens with zero attached hydrogens (tertiary/aromatic N) is 2. The van der Waals surface area contributed by atoms with Gasteiger partial charge in [0.1, 0.15) is 0 Å². The van der Waals surface area contributed by atoms with E-state index in [1.165, 1.54) is 23.3 Å². The molecular formula is C16H20N4O3S. The molecule has 1 aromatic carbocycles. The van der Waals surface area contributed by atoms with Crippen LogP contribution >= 0.6 is 11.8 Å². The van der Waals surface area contributed by atoms with Gasteiger partial charge in [0.15, 0.2) is 10.9 Å². The van der Waals surface area contributed by atoms with Gasteiger partial charge in [-0.25, -0.2) is 9.89 Å². The van der Waals surface area contributed by atoms with Crippen molar-refractivity contribution in [3.8, 4) is 0 Å². The van der Waals surface area contributed by atoms with Crippen molar-refractivity contribution in [3.63, 3.8) is 0 Å². The topological polar surface area (TPSA) is 96.8 Å². The molecule has 0 aliphatic rings. The summed E-state index contributed by atoms with van der Waals surface area (Å²) >= 11 is 1.21. The number of aromatic nitrogens is 3. The smallest absolute Gasteiger partial charge is 0.325 e. The number of carbonyl (C=O) groups excluding carboxylic acids is 2. The Morgan fingerprint density at radius 2 is 2.17 bits per heavy atom. The Kier molecular flexibility index (Phi) is 5.97. The molecule has 8 heteroatoms. The Hall–Kier alpha value is -2.35. The number of thioether (sulfide) groups is 1. The average Bonchev–Trinajstić information content (AvgIpc) is 2.88. The first kappa shape index (κ1) is 18.0. The summed E-state index contributed by atoms with van der Waals surface area (Å²) in [5, 5.41) is 9.19. The second kappa shape index (κ2) is 7.96. The van der Waals surface area contributed by atoms with Crippen molar-refractivity contribution in [1.82, 2.24) is 14.8 Å². The van der Waals surface area contributed by atoms with E-state index in [0.29, 0.717) is 23.0 Å². The van der Waals surface area contributed by atoms with Crippen LogP contribution < -0.4 is 11.0 Å². The summed E-state index contributed by atoms with van der Waals surface area (Å²) in [6.45, 7) is 5.73. The van der Waals surface area contributed by atoms with Crippen molar-refractivity contribution >= 4 is 29.1 Å². The average molecular weight is 348 g/mol. The minimum atomic E-state index is -0.447. The van der Waals surface area contributed by atoms with Crippen LogP contribution in [0.1, 0.15) is 37.6 Å². The first-order valence-electron chi connectivity index (χ1n) is 7.66. The van der Waals surface area contributed by atoms with Crippen molar-refractivity contribution < 1.29 is 9.59 Å². The van der Waals surface area contributed by atoms with Crippen LogP contribution in [0.3, 0.4) is 0 Å². The van der Waals surface area contributed by atoms with Gasteiger partial charge in [-0.15, -0.1) is 5.10 Å². The molecule has 1 aromatic heterocycles. The van der Waals surface area contributed by atoms with E-state index in [1.807, 2.05) is 6.92 Å².